The van der Waals surface area contributed by atoms with Crippen molar-refractivity contribution in [2.45, 2.75) is 31.3 Å². The van der Waals surface area contributed by atoms with E-state index in [0.29, 0.717) is 28.5 Å². The average molecular weight is 467 g/mol. The van der Waals surface area contributed by atoms with Gasteiger partial charge in [-0.2, -0.15) is 5.26 Å². The molecule has 33 heavy (non-hydrogen) atoms. The van der Waals surface area contributed by atoms with E-state index < -0.39 is 18.3 Å². The van der Waals surface area contributed by atoms with Crippen LogP contribution in [0.1, 0.15) is 22.8 Å². The average Bonchev–Trinajstić information content (AvgIpc) is 3.37. The lowest BCUT2D eigenvalue weighted by Crippen LogP contribution is -2.46. The van der Waals surface area contributed by atoms with Crippen molar-refractivity contribution < 1.29 is 23.8 Å². The number of benzene rings is 2. The predicted octanol–water partition coefficient (Wildman–Crippen LogP) is 2.83. The molecule has 0 radical (unpaired) electrons. The van der Waals surface area contributed by atoms with E-state index in [0.717, 1.165) is 5.69 Å². The van der Waals surface area contributed by atoms with E-state index in [-0.39, 0.29) is 24.5 Å². The summed E-state index contributed by atoms with van der Waals surface area (Å²) >= 11 is 5.38. The van der Waals surface area contributed by atoms with Crippen LogP contribution in [0.5, 0.6) is 0 Å². The first-order valence-electron chi connectivity index (χ1n) is 10.3. The van der Waals surface area contributed by atoms with Crippen LogP contribution < -0.4 is 16.0 Å². The molecule has 170 valence electrons. The minimum Gasteiger partial charge on any atom is -0.441 e. The Morgan fingerprint density at radius 3 is 2.55 bits per heavy atom. The van der Waals surface area contributed by atoms with E-state index in [9.17, 15) is 9.59 Å². The second kappa shape index (κ2) is 9.95. The van der Waals surface area contributed by atoms with Gasteiger partial charge in [-0.25, -0.2) is 4.79 Å². The zero-order valence-electron chi connectivity index (χ0n) is 17.7. The zero-order chi connectivity index (χ0) is 23.4. The Morgan fingerprint density at radius 1 is 1.06 bits per heavy atom. The van der Waals surface area contributed by atoms with Crippen LogP contribution in [0.2, 0.25) is 0 Å². The number of amides is 1. The summed E-state index contributed by atoms with van der Waals surface area (Å²) in [5.41, 5.74) is 2.28. The molecule has 3 N–H and O–H groups in total. The third-order valence-corrected chi connectivity index (χ3v) is 5.59. The molecule has 2 aromatic carbocycles. The third kappa shape index (κ3) is 5.46. The van der Waals surface area contributed by atoms with Crippen LogP contribution in [-0.4, -0.2) is 54.6 Å². The number of Topliss-reactive ketones (excluding diaryl/α,β-unsaturated/α-hetero) is 1. The lowest BCUT2D eigenvalue weighted by molar-refractivity contribution is 0.00880. The van der Waals surface area contributed by atoms with Crippen molar-refractivity contribution in [1.29, 1.82) is 5.26 Å². The lowest BCUT2D eigenvalue weighted by atomic mass is 10.1. The zero-order valence-corrected chi connectivity index (χ0v) is 18.6. The quantitative estimate of drug-likeness (QED) is 0.451. The van der Waals surface area contributed by atoms with E-state index in [4.69, 9.17) is 31.7 Å². The van der Waals surface area contributed by atoms with E-state index in [1.54, 1.807) is 48.5 Å². The first-order chi connectivity index (χ1) is 15.9. The number of hydrogen-bond acceptors (Lipinski definition) is 7. The number of anilines is 2. The highest BCUT2D eigenvalue weighted by atomic mass is 32.1. The molecule has 4 rings (SSSR count). The predicted molar refractivity (Wildman–Crippen MR) is 124 cm³/mol. The molecule has 0 aliphatic carbocycles. The Hall–Kier alpha value is -3.52. The summed E-state index contributed by atoms with van der Waals surface area (Å²) in [7, 11) is 0. The van der Waals surface area contributed by atoms with Crippen LogP contribution in [0.15, 0.2) is 48.5 Å². The molecule has 9 nitrogen and oxygen atoms in total. The summed E-state index contributed by atoms with van der Waals surface area (Å²) < 4.78 is 17.2. The van der Waals surface area contributed by atoms with Gasteiger partial charge in [0.2, 0.25) is 0 Å². The molecule has 10 heteroatoms. The number of hydrogen-bond donors (Lipinski definition) is 3. The molecule has 0 aromatic heterocycles. The molecule has 0 spiro atoms. The maximum Gasteiger partial charge on any atom is 0.412 e. The van der Waals surface area contributed by atoms with Gasteiger partial charge in [-0.05, 0) is 55.5 Å². The number of carbonyl (C=O) groups excluding carboxylic acids is 2. The Morgan fingerprint density at radius 2 is 1.82 bits per heavy atom. The fraction of sp³-hybridized carbons (Fsp3) is 0.304. The van der Waals surface area contributed by atoms with Gasteiger partial charge >= 0.3 is 6.09 Å². The summed E-state index contributed by atoms with van der Waals surface area (Å²) in [5.74, 6) is -0.0939. The van der Waals surface area contributed by atoms with E-state index in [2.05, 4.69) is 22.0 Å². The molecule has 2 aliphatic rings. The first kappa shape index (κ1) is 22.7. The molecule has 4 atom stereocenters. The van der Waals surface area contributed by atoms with Crippen molar-refractivity contribution in [3.8, 4) is 6.07 Å². The number of nitrogens with one attached hydrogen (secondary N) is 3. The van der Waals surface area contributed by atoms with Gasteiger partial charge in [0.05, 0.1) is 30.9 Å². The van der Waals surface area contributed by atoms with Crippen LogP contribution in [0.3, 0.4) is 0 Å². The Balaban J connectivity index is 1.28. The minimum absolute atomic E-state index is 0.0939. The number of ketones is 1. The van der Waals surface area contributed by atoms with E-state index in [1.165, 1.54) is 6.92 Å². The summed E-state index contributed by atoms with van der Waals surface area (Å²) in [6.45, 7) is 2.00. The number of thiocarbonyl (C=S) groups is 1. The van der Waals surface area contributed by atoms with Gasteiger partial charge in [-0.15, -0.1) is 0 Å². The van der Waals surface area contributed by atoms with Gasteiger partial charge in [0, 0.05) is 16.9 Å². The SMILES string of the molecule is CC(=O)c1cccc(NC(=O)O[C@H]2CO[C@@H]3[C@@H]2OC[C@@H]3NC(=S)Nc2ccc(C#N)cc2)c1. The summed E-state index contributed by atoms with van der Waals surface area (Å²) in [4.78, 5) is 23.9. The Bertz CT molecular complexity index is 1100. The molecule has 0 bridgehead atoms. The number of nitriles is 1. The maximum absolute atomic E-state index is 12.4. The van der Waals surface area contributed by atoms with Gasteiger partial charge in [0.25, 0.3) is 0 Å². The minimum atomic E-state index is -0.650. The Kier molecular flexibility index (Phi) is 6.84. The van der Waals surface area contributed by atoms with Crippen LogP contribution >= 0.6 is 12.2 Å². The molecule has 2 heterocycles. The van der Waals surface area contributed by atoms with Crippen molar-refractivity contribution in [1.82, 2.24) is 5.32 Å². The number of carbonyl (C=O) groups is 2. The molecule has 2 saturated heterocycles. The topological polar surface area (TPSA) is 122 Å². The van der Waals surface area contributed by atoms with Crippen molar-refractivity contribution >= 4 is 40.6 Å². The Labute approximate surface area is 196 Å². The molecular formula is C23H22N4O5S. The summed E-state index contributed by atoms with van der Waals surface area (Å²) in [6, 6.07) is 15.4. The van der Waals surface area contributed by atoms with Crippen LogP contribution in [0.25, 0.3) is 0 Å². The van der Waals surface area contributed by atoms with E-state index in [1.807, 2.05) is 0 Å². The number of rotatable bonds is 5. The fourth-order valence-electron chi connectivity index (χ4n) is 3.75. The molecule has 1 amide bonds. The van der Waals surface area contributed by atoms with E-state index >= 15 is 0 Å². The van der Waals surface area contributed by atoms with Gasteiger partial charge in [-0.1, -0.05) is 12.1 Å². The largest absolute Gasteiger partial charge is 0.441 e. The number of ether oxygens (including phenoxy) is 3. The van der Waals surface area contributed by atoms with Gasteiger partial charge in [-0.3, -0.25) is 10.1 Å². The molecule has 2 fully saturated rings. The molecule has 2 aromatic rings. The second-order valence-electron chi connectivity index (χ2n) is 7.70. The standard InChI is InChI=1S/C23H22N4O5S/c1-13(28)15-3-2-4-17(9-15)26-23(29)32-19-12-31-20-18(11-30-21(19)20)27-22(33)25-16-7-5-14(10-24)6-8-16/h2-9,18-21H,11-12H2,1H3,(H,26,29)(H2,25,27,33)/t18-,19-,20-,21+/m0/s1. The van der Waals surface area contributed by atoms with Gasteiger partial charge < -0.3 is 24.8 Å². The van der Waals surface area contributed by atoms with Crippen LogP contribution in [0, 0.1) is 11.3 Å². The second-order valence-corrected chi connectivity index (χ2v) is 8.10. The fourth-order valence-corrected chi connectivity index (χ4v) is 4.02. The first-order valence-corrected chi connectivity index (χ1v) is 10.7. The summed E-state index contributed by atoms with van der Waals surface area (Å²) in [5, 5.41) is 18.1. The van der Waals surface area contributed by atoms with Gasteiger partial charge in [0.1, 0.15) is 12.2 Å². The monoisotopic (exact) mass is 466 g/mol. The molecule has 0 unspecified atom stereocenters. The highest BCUT2D eigenvalue weighted by molar-refractivity contribution is 7.80. The third-order valence-electron chi connectivity index (χ3n) is 5.37. The summed E-state index contributed by atoms with van der Waals surface area (Å²) in [6.07, 6.45) is -1.97. The molecule has 2 aliphatic heterocycles. The highest BCUT2D eigenvalue weighted by Gasteiger charge is 2.49. The number of fused-ring (bicyclic) bond motifs is 1. The van der Waals surface area contributed by atoms with Crippen LogP contribution in [0.4, 0.5) is 16.2 Å². The lowest BCUT2D eigenvalue weighted by Gasteiger charge is -2.20. The van der Waals surface area contributed by atoms with Gasteiger partial charge in [0.15, 0.2) is 17.0 Å². The highest BCUT2D eigenvalue weighted by Crippen LogP contribution is 2.29. The van der Waals surface area contributed by atoms with Crippen molar-refractivity contribution in [3.63, 3.8) is 0 Å². The van der Waals surface area contributed by atoms with Crippen molar-refractivity contribution in [3.05, 3.63) is 59.7 Å². The molecule has 0 saturated carbocycles. The van der Waals surface area contributed by atoms with Crippen LogP contribution in [-0.2, 0) is 14.2 Å². The van der Waals surface area contributed by atoms with Crippen molar-refractivity contribution in [2.75, 3.05) is 23.8 Å². The smallest absolute Gasteiger partial charge is 0.412 e. The maximum atomic E-state index is 12.4. The van der Waals surface area contributed by atoms with Crippen molar-refractivity contribution in [2.24, 2.45) is 0 Å². The normalized spacial score (nSPS) is 23.2. The number of nitrogens with zero attached hydrogens (tertiary/aromatic N) is 1. The molecular weight excluding hydrogens is 444 g/mol.